The van der Waals surface area contributed by atoms with E-state index in [9.17, 15) is 14.4 Å². The van der Waals surface area contributed by atoms with E-state index in [1.165, 1.54) is 25.2 Å². The van der Waals surface area contributed by atoms with Gasteiger partial charge in [0.25, 0.3) is 0 Å². The quantitative estimate of drug-likeness (QED) is 0.232. The molecule has 1 aromatic rings. The van der Waals surface area contributed by atoms with Crippen molar-refractivity contribution in [2.75, 3.05) is 13.7 Å². The number of fused-ring (bicyclic) bond motifs is 4. The summed E-state index contributed by atoms with van der Waals surface area (Å²) in [6, 6.07) is 2.01. The zero-order valence-electron chi connectivity index (χ0n) is 26.6. The van der Waals surface area contributed by atoms with Crippen LogP contribution in [0.4, 0.5) is 0 Å². The first-order chi connectivity index (χ1) is 20.3. The largest absolute Gasteiger partial charge is 0.472 e. The topological polar surface area (TPSA) is 111 Å². The Labute approximate surface area is 254 Å². The molecule has 2 saturated carbocycles. The molecule has 3 heterocycles. The minimum Gasteiger partial charge on any atom is -0.472 e. The van der Waals surface area contributed by atoms with Gasteiger partial charge in [-0.2, -0.15) is 0 Å². The van der Waals surface area contributed by atoms with Crippen LogP contribution in [-0.4, -0.2) is 62.1 Å². The standard InChI is InChI=1S/C34H46O9/c1-9-17(2)31(37)43-25-14-24(41-19(4)35)32(5)16-40-28-29(32)33(25,6)23(13-26(36)38-8)34(7)27-18(3)21(20-10-11-39-15-20)12-22(27)42-30(28)34/h10-11,15,17,21-25,28-30H,9,12-14,16H2,1-8H3/t17-,21+,22+,23+,24+,25-,28+,29-,30+,32+,33-,34+/m0/s1. The van der Waals surface area contributed by atoms with Crippen molar-refractivity contribution in [2.24, 2.45) is 34.0 Å². The van der Waals surface area contributed by atoms with Crippen LogP contribution in [-0.2, 0) is 38.1 Å². The fraction of sp³-hybridized carbons (Fsp3) is 0.735. The van der Waals surface area contributed by atoms with Crippen molar-refractivity contribution in [3.05, 3.63) is 35.3 Å². The van der Waals surface area contributed by atoms with E-state index in [0.29, 0.717) is 19.4 Å². The van der Waals surface area contributed by atoms with Gasteiger partial charge in [-0.15, -0.1) is 0 Å². The molecule has 9 nitrogen and oxygen atoms in total. The fourth-order valence-corrected chi connectivity index (χ4v) is 10.1. The van der Waals surface area contributed by atoms with Crippen LogP contribution in [0.2, 0.25) is 0 Å². The molecule has 5 aliphatic rings. The zero-order chi connectivity index (χ0) is 31.1. The molecule has 2 aliphatic heterocycles. The van der Waals surface area contributed by atoms with Crippen molar-refractivity contribution < 1.29 is 42.5 Å². The molecule has 236 valence electrons. The summed E-state index contributed by atoms with van der Waals surface area (Å²) in [7, 11) is 1.42. The van der Waals surface area contributed by atoms with E-state index in [4.69, 9.17) is 28.1 Å². The third-order valence-electron chi connectivity index (χ3n) is 12.3. The normalized spacial score (nSPS) is 43.4. The highest BCUT2D eigenvalue weighted by Crippen LogP contribution is 2.74. The van der Waals surface area contributed by atoms with E-state index in [-0.39, 0.29) is 66.3 Å². The Morgan fingerprint density at radius 2 is 1.86 bits per heavy atom. The highest BCUT2D eigenvalue weighted by atomic mass is 16.6. The van der Waals surface area contributed by atoms with Crippen molar-refractivity contribution in [3.63, 3.8) is 0 Å². The second kappa shape index (κ2) is 10.5. The van der Waals surface area contributed by atoms with Crippen LogP contribution in [0.15, 0.2) is 34.2 Å². The maximum atomic E-state index is 13.5. The Kier molecular flexibility index (Phi) is 7.40. The minimum absolute atomic E-state index is 0.137. The first-order valence-corrected chi connectivity index (χ1v) is 15.8. The molecule has 0 N–H and O–H groups in total. The molecule has 0 spiro atoms. The molecule has 0 unspecified atom stereocenters. The first-order valence-electron chi connectivity index (χ1n) is 15.8. The summed E-state index contributed by atoms with van der Waals surface area (Å²) in [4.78, 5) is 39.1. The van der Waals surface area contributed by atoms with Gasteiger partial charge in [-0.1, -0.05) is 40.2 Å². The summed E-state index contributed by atoms with van der Waals surface area (Å²) >= 11 is 0. The van der Waals surface area contributed by atoms with E-state index in [1.807, 2.05) is 19.9 Å². The average molecular weight is 599 g/mol. The SMILES string of the molecule is CC[C@H](C)C(=O)O[C@H]1C[C@@H](OC(C)=O)[C@@]2(C)CO[C@H]3[C@H]4O[C@@H]5C[C@@H](c6ccoc6)C(C)=C5[C@@]4(C)[C@H](CC(=O)OC)[C@]1(C)[C@@H]32. The van der Waals surface area contributed by atoms with Gasteiger partial charge in [-0.25, -0.2) is 0 Å². The van der Waals surface area contributed by atoms with Gasteiger partial charge in [0.2, 0.25) is 0 Å². The lowest BCUT2D eigenvalue weighted by Crippen LogP contribution is -2.71. The van der Waals surface area contributed by atoms with Gasteiger partial charge >= 0.3 is 17.9 Å². The molecule has 9 heteroatoms. The van der Waals surface area contributed by atoms with Gasteiger partial charge < -0.3 is 28.1 Å². The van der Waals surface area contributed by atoms with E-state index < -0.39 is 28.5 Å². The molecular weight excluding hydrogens is 552 g/mol. The van der Waals surface area contributed by atoms with Gasteiger partial charge in [-0.05, 0) is 42.9 Å². The molecule has 1 aromatic heterocycles. The molecule has 2 saturated heterocycles. The van der Waals surface area contributed by atoms with Crippen molar-refractivity contribution in [1.29, 1.82) is 0 Å². The third kappa shape index (κ3) is 4.20. The smallest absolute Gasteiger partial charge is 0.308 e. The second-order valence-corrected chi connectivity index (χ2v) is 14.3. The number of allylic oxidation sites excluding steroid dienone is 1. The predicted octanol–water partition coefficient (Wildman–Crippen LogP) is 5.37. The molecular formula is C34H46O9. The van der Waals surface area contributed by atoms with Crippen molar-refractivity contribution in [1.82, 2.24) is 0 Å². The monoisotopic (exact) mass is 598 g/mol. The van der Waals surface area contributed by atoms with Crippen LogP contribution in [0.25, 0.3) is 0 Å². The number of furan rings is 1. The number of ether oxygens (including phenoxy) is 5. The van der Waals surface area contributed by atoms with Crippen molar-refractivity contribution >= 4 is 17.9 Å². The molecule has 3 aliphatic carbocycles. The fourth-order valence-electron chi connectivity index (χ4n) is 10.1. The average Bonchev–Trinajstić information content (AvgIpc) is 3.73. The maximum Gasteiger partial charge on any atom is 0.308 e. The summed E-state index contributed by atoms with van der Waals surface area (Å²) in [5, 5.41) is 0. The summed E-state index contributed by atoms with van der Waals surface area (Å²) in [6.07, 6.45) is 3.46. The Bertz CT molecular complexity index is 1320. The molecule has 12 atom stereocenters. The molecule has 4 fully saturated rings. The van der Waals surface area contributed by atoms with E-state index in [1.54, 1.807) is 12.5 Å². The lowest BCUT2D eigenvalue weighted by Gasteiger charge is -2.65. The molecule has 0 bridgehead atoms. The van der Waals surface area contributed by atoms with Crippen LogP contribution in [0.3, 0.4) is 0 Å². The predicted molar refractivity (Wildman–Crippen MR) is 155 cm³/mol. The Balaban J connectivity index is 1.54. The van der Waals surface area contributed by atoms with Crippen LogP contribution >= 0.6 is 0 Å². The number of carbonyl (C=O) groups excluding carboxylic acids is 3. The van der Waals surface area contributed by atoms with E-state index in [0.717, 1.165) is 12.0 Å². The van der Waals surface area contributed by atoms with Crippen molar-refractivity contribution in [3.8, 4) is 0 Å². The molecule has 6 rings (SSSR count). The Morgan fingerprint density at radius 1 is 1.12 bits per heavy atom. The molecule has 0 aromatic carbocycles. The zero-order valence-corrected chi connectivity index (χ0v) is 26.6. The maximum absolute atomic E-state index is 13.5. The van der Waals surface area contributed by atoms with Crippen LogP contribution in [0, 0.1) is 34.0 Å². The second-order valence-electron chi connectivity index (χ2n) is 14.3. The number of carbonyl (C=O) groups is 3. The van der Waals surface area contributed by atoms with Crippen LogP contribution in [0.5, 0.6) is 0 Å². The third-order valence-corrected chi connectivity index (χ3v) is 12.3. The van der Waals surface area contributed by atoms with Crippen molar-refractivity contribution in [2.45, 2.75) is 111 Å². The summed E-state index contributed by atoms with van der Waals surface area (Å²) in [6.45, 7) is 14.3. The van der Waals surface area contributed by atoms with Gasteiger partial charge in [0.05, 0.1) is 50.5 Å². The molecule has 0 amide bonds. The van der Waals surface area contributed by atoms with Crippen LogP contribution < -0.4 is 0 Å². The lowest BCUT2D eigenvalue weighted by atomic mass is 9.40. The number of hydrogen-bond donors (Lipinski definition) is 0. The Hall–Kier alpha value is -2.65. The number of rotatable bonds is 7. The van der Waals surface area contributed by atoms with Gasteiger partial charge in [0, 0.05) is 47.8 Å². The highest BCUT2D eigenvalue weighted by molar-refractivity contribution is 5.73. The van der Waals surface area contributed by atoms with Crippen LogP contribution in [0.1, 0.15) is 85.6 Å². The van der Waals surface area contributed by atoms with Gasteiger partial charge in [0.15, 0.2) is 0 Å². The van der Waals surface area contributed by atoms with E-state index in [2.05, 4.69) is 27.7 Å². The van der Waals surface area contributed by atoms with Gasteiger partial charge in [-0.3, -0.25) is 14.4 Å². The van der Waals surface area contributed by atoms with E-state index >= 15 is 0 Å². The highest BCUT2D eigenvalue weighted by Gasteiger charge is 2.78. The molecule has 0 radical (unpaired) electrons. The van der Waals surface area contributed by atoms with Gasteiger partial charge in [0.1, 0.15) is 12.2 Å². The number of hydrogen-bond acceptors (Lipinski definition) is 9. The number of methoxy groups -OCH3 is 1. The lowest BCUT2D eigenvalue weighted by molar-refractivity contribution is -0.253. The Morgan fingerprint density at radius 3 is 2.49 bits per heavy atom. The summed E-state index contributed by atoms with van der Waals surface area (Å²) in [5.41, 5.74) is 1.68. The molecule has 43 heavy (non-hydrogen) atoms. The number of esters is 3. The first kappa shape index (κ1) is 30.4. The minimum atomic E-state index is -0.714. The summed E-state index contributed by atoms with van der Waals surface area (Å²) < 4.78 is 36.9. The summed E-state index contributed by atoms with van der Waals surface area (Å²) in [5.74, 6) is -1.62.